The summed E-state index contributed by atoms with van der Waals surface area (Å²) in [6.07, 6.45) is 4.07. The Morgan fingerprint density at radius 3 is 2.42 bits per heavy atom. The fourth-order valence-electron chi connectivity index (χ4n) is 2.92. The summed E-state index contributed by atoms with van der Waals surface area (Å²) in [5.74, 6) is 0.230. The zero-order chi connectivity index (χ0) is 24.0. The molecule has 3 N–H and O–H groups in total. The Bertz CT molecular complexity index is 1250. The highest BCUT2D eigenvalue weighted by molar-refractivity contribution is 7.92. The van der Waals surface area contributed by atoms with E-state index in [4.69, 9.17) is 9.57 Å². The van der Waals surface area contributed by atoms with Crippen molar-refractivity contribution in [1.82, 2.24) is 15.4 Å². The van der Waals surface area contributed by atoms with Gasteiger partial charge in [-0.25, -0.2) is 23.9 Å². The van der Waals surface area contributed by atoms with Crippen LogP contribution in [-0.4, -0.2) is 51.8 Å². The number of anilines is 5. The smallest absolute Gasteiger partial charge is 0.278 e. The summed E-state index contributed by atoms with van der Waals surface area (Å²) in [7, 11) is 0.753. The SMILES string of the molecule is CONC(=O)c1cnc(Nc2cccnc2OC)cc1Nc1ccccc1N(C)S(C)(=O)=O. The molecule has 0 aliphatic carbocycles. The van der Waals surface area contributed by atoms with Crippen molar-refractivity contribution in [3.05, 3.63) is 60.4 Å². The van der Waals surface area contributed by atoms with Gasteiger partial charge in [0.1, 0.15) is 11.5 Å². The second-order valence-electron chi connectivity index (χ2n) is 6.81. The molecule has 0 fully saturated rings. The van der Waals surface area contributed by atoms with Crippen molar-refractivity contribution < 1.29 is 22.8 Å². The second-order valence-corrected chi connectivity index (χ2v) is 8.82. The summed E-state index contributed by atoms with van der Waals surface area (Å²) in [6, 6.07) is 11.9. The first-order valence-electron chi connectivity index (χ1n) is 9.64. The van der Waals surface area contributed by atoms with Crippen LogP contribution in [-0.2, 0) is 14.9 Å². The number of carbonyl (C=O) groups excluding carboxylic acids is 1. The average Bonchev–Trinajstić information content (AvgIpc) is 2.79. The van der Waals surface area contributed by atoms with Crippen LogP contribution in [0.25, 0.3) is 0 Å². The van der Waals surface area contributed by atoms with Crippen molar-refractivity contribution in [2.24, 2.45) is 0 Å². The van der Waals surface area contributed by atoms with Gasteiger partial charge < -0.3 is 15.4 Å². The van der Waals surface area contributed by atoms with Crippen LogP contribution < -0.4 is 25.2 Å². The van der Waals surface area contributed by atoms with Crippen molar-refractivity contribution in [1.29, 1.82) is 0 Å². The maximum absolute atomic E-state index is 12.5. The Morgan fingerprint density at radius 1 is 1.00 bits per heavy atom. The third-order valence-corrected chi connectivity index (χ3v) is 5.77. The van der Waals surface area contributed by atoms with E-state index in [0.717, 1.165) is 10.6 Å². The van der Waals surface area contributed by atoms with Crippen LogP contribution >= 0.6 is 0 Å². The van der Waals surface area contributed by atoms with Crippen LogP contribution in [0.4, 0.5) is 28.6 Å². The lowest BCUT2D eigenvalue weighted by atomic mass is 10.2. The molecular weight excluding hydrogens is 448 g/mol. The quantitative estimate of drug-likeness (QED) is 0.402. The maximum Gasteiger partial charge on any atom is 0.278 e. The van der Waals surface area contributed by atoms with Gasteiger partial charge >= 0.3 is 0 Å². The topological polar surface area (TPSA) is 135 Å². The number of rotatable bonds is 9. The third-order valence-electron chi connectivity index (χ3n) is 4.58. The van der Waals surface area contributed by atoms with E-state index in [2.05, 4.69) is 26.1 Å². The minimum absolute atomic E-state index is 0.178. The average molecular weight is 473 g/mol. The normalized spacial score (nSPS) is 10.9. The molecule has 0 saturated carbocycles. The van der Waals surface area contributed by atoms with Gasteiger partial charge in [0.15, 0.2) is 0 Å². The Balaban J connectivity index is 2.04. The van der Waals surface area contributed by atoms with Gasteiger partial charge in [-0.05, 0) is 24.3 Å². The number of aromatic nitrogens is 2. The molecule has 2 heterocycles. The molecule has 0 saturated heterocycles. The molecule has 1 aromatic carbocycles. The molecule has 12 heteroatoms. The van der Waals surface area contributed by atoms with Gasteiger partial charge in [0, 0.05) is 25.5 Å². The number of benzene rings is 1. The molecule has 3 rings (SSSR count). The predicted octanol–water partition coefficient (Wildman–Crippen LogP) is 2.66. The van der Waals surface area contributed by atoms with E-state index < -0.39 is 15.9 Å². The van der Waals surface area contributed by atoms with Gasteiger partial charge in [-0.1, -0.05) is 12.1 Å². The first-order valence-corrected chi connectivity index (χ1v) is 11.5. The summed E-state index contributed by atoms with van der Waals surface area (Å²) in [5, 5.41) is 6.24. The number of ether oxygens (including phenoxy) is 1. The summed E-state index contributed by atoms with van der Waals surface area (Å²) < 4.78 is 30.6. The van der Waals surface area contributed by atoms with Gasteiger partial charge in [0.2, 0.25) is 15.9 Å². The standard InChI is InChI=1S/C21H24N6O5S/c1-27(33(4,29)30)18-10-6-5-8-15(18)24-17-12-19(23-13-14(17)20(28)26-32-3)25-16-9-7-11-22-21(16)31-2/h5-13H,1-4H3,(H,26,28)(H2,23,24,25). The fourth-order valence-corrected chi connectivity index (χ4v) is 3.44. The molecule has 3 aromatic rings. The highest BCUT2D eigenvalue weighted by atomic mass is 32.2. The van der Waals surface area contributed by atoms with Crippen LogP contribution in [0.15, 0.2) is 54.9 Å². The van der Waals surface area contributed by atoms with Crippen molar-refractivity contribution in [2.45, 2.75) is 0 Å². The van der Waals surface area contributed by atoms with Crippen molar-refractivity contribution in [2.75, 3.05) is 42.5 Å². The van der Waals surface area contributed by atoms with Gasteiger partial charge in [0.25, 0.3) is 5.91 Å². The molecular formula is C21H24N6O5S. The van der Waals surface area contributed by atoms with E-state index in [-0.39, 0.29) is 5.56 Å². The van der Waals surface area contributed by atoms with E-state index in [1.165, 1.54) is 27.5 Å². The number of amides is 1. The summed E-state index contributed by atoms with van der Waals surface area (Å²) in [4.78, 5) is 25.7. The highest BCUT2D eigenvalue weighted by Gasteiger charge is 2.19. The number of nitrogens with one attached hydrogen (secondary N) is 3. The van der Waals surface area contributed by atoms with Gasteiger partial charge in [-0.2, -0.15) is 0 Å². The number of sulfonamides is 1. The Kier molecular flexibility index (Phi) is 7.30. The molecule has 11 nitrogen and oxygen atoms in total. The molecule has 0 aliphatic rings. The molecule has 0 atom stereocenters. The fraction of sp³-hybridized carbons (Fsp3) is 0.190. The molecule has 1 amide bonds. The number of hydroxylamine groups is 1. The summed E-state index contributed by atoms with van der Waals surface area (Å²) >= 11 is 0. The molecule has 0 unspecified atom stereocenters. The zero-order valence-corrected chi connectivity index (χ0v) is 19.3. The number of carbonyl (C=O) groups is 1. The van der Waals surface area contributed by atoms with Crippen molar-refractivity contribution >= 4 is 44.5 Å². The summed E-state index contributed by atoms with van der Waals surface area (Å²) in [5.41, 5.74) is 4.24. The van der Waals surface area contributed by atoms with E-state index in [9.17, 15) is 13.2 Å². The molecule has 174 valence electrons. The van der Waals surface area contributed by atoms with E-state index in [1.54, 1.807) is 48.7 Å². The molecule has 0 aliphatic heterocycles. The van der Waals surface area contributed by atoms with E-state index in [0.29, 0.717) is 34.4 Å². The largest absolute Gasteiger partial charge is 0.480 e. The van der Waals surface area contributed by atoms with Gasteiger partial charge in [-0.15, -0.1) is 0 Å². The number of hydrogen-bond acceptors (Lipinski definition) is 9. The van der Waals surface area contributed by atoms with Crippen LogP contribution in [0.5, 0.6) is 5.88 Å². The first kappa shape index (κ1) is 23.8. The second kappa shape index (κ2) is 10.1. The monoisotopic (exact) mass is 472 g/mol. The highest BCUT2D eigenvalue weighted by Crippen LogP contribution is 2.32. The van der Waals surface area contributed by atoms with Gasteiger partial charge in [-0.3, -0.25) is 13.9 Å². The van der Waals surface area contributed by atoms with E-state index in [1.807, 2.05) is 0 Å². The minimum Gasteiger partial charge on any atom is -0.480 e. The third kappa shape index (κ3) is 5.67. The van der Waals surface area contributed by atoms with Crippen LogP contribution in [0.1, 0.15) is 10.4 Å². The lowest BCUT2D eigenvalue weighted by molar-refractivity contribution is 0.0538. The first-order chi connectivity index (χ1) is 15.7. The molecule has 0 bridgehead atoms. The molecule has 33 heavy (non-hydrogen) atoms. The molecule has 0 radical (unpaired) electrons. The van der Waals surface area contributed by atoms with Crippen molar-refractivity contribution in [3.63, 3.8) is 0 Å². The number of pyridine rings is 2. The van der Waals surface area contributed by atoms with E-state index >= 15 is 0 Å². The van der Waals surface area contributed by atoms with Crippen LogP contribution in [0.2, 0.25) is 0 Å². The van der Waals surface area contributed by atoms with Gasteiger partial charge in [0.05, 0.1) is 43.1 Å². The zero-order valence-electron chi connectivity index (χ0n) is 18.5. The molecule has 2 aromatic heterocycles. The lowest BCUT2D eigenvalue weighted by Gasteiger charge is -2.22. The maximum atomic E-state index is 12.5. The number of hydrogen-bond donors (Lipinski definition) is 3. The Morgan fingerprint density at radius 2 is 1.73 bits per heavy atom. The Labute approximate surface area is 191 Å². The van der Waals surface area contributed by atoms with Crippen LogP contribution in [0.3, 0.4) is 0 Å². The minimum atomic E-state index is -3.51. The number of para-hydroxylation sites is 2. The Hall–Kier alpha value is -3.90. The lowest BCUT2D eigenvalue weighted by Crippen LogP contribution is -2.26. The molecule has 0 spiro atoms. The van der Waals surface area contributed by atoms with Crippen molar-refractivity contribution in [3.8, 4) is 5.88 Å². The number of methoxy groups -OCH3 is 1. The van der Waals surface area contributed by atoms with Crippen LogP contribution in [0, 0.1) is 0 Å². The summed E-state index contributed by atoms with van der Waals surface area (Å²) in [6.45, 7) is 0. The predicted molar refractivity (Wildman–Crippen MR) is 126 cm³/mol. The number of nitrogens with zero attached hydrogens (tertiary/aromatic N) is 3.